The van der Waals surface area contributed by atoms with Gasteiger partial charge >= 0.3 is 0 Å². The maximum absolute atomic E-state index is 12.3. The first kappa shape index (κ1) is 19.4. The monoisotopic (exact) mass is 359 g/mol. The van der Waals surface area contributed by atoms with Crippen LogP contribution >= 0.6 is 0 Å². The molecular formula is C20H25NO5. The maximum atomic E-state index is 12.3. The van der Waals surface area contributed by atoms with Crippen molar-refractivity contribution in [1.82, 2.24) is 0 Å². The molecule has 0 fully saturated rings. The standard InChI is InChI=1S/C20H25NO5/c1-5-26-18-8-7-15(12-19(18)25-4)21-20(22)9-6-14-10-16(23-2)13-17(11-14)24-3/h7-8,10-13H,5-6,9H2,1-4H3,(H,21,22). The minimum Gasteiger partial charge on any atom is -0.497 e. The number of nitrogens with one attached hydrogen (secondary N) is 1. The minimum atomic E-state index is -0.0852. The molecule has 0 heterocycles. The molecular weight excluding hydrogens is 334 g/mol. The summed E-state index contributed by atoms with van der Waals surface area (Å²) in [6.07, 6.45) is 0.916. The zero-order valence-electron chi connectivity index (χ0n) is 15.6. The normalized spacial score (nSPS) is 10.2. The average Bonchev–Trinajstić information content (AvgIpc) is 2.67. The largest absolute Gasteiger partial charge is 0.497 e. The molecule has 1 N–H and O–H groups in total. The van der Waals surface area contributed by atoms with E-state index in [1.165, 1.54) is 0 Å². The first-order valence-electron chi connectivity index (χ1n) is 8.42. The highest BCUT2D eigenvalue weighted by atomic mass is 16.5. The smallest absolute Gasteiger partial charge is 0.224 e. The molecule has 0 saturated carbocycles. The molecule has 0 aliphatic carbocycles. The molecule has 1 amide bonds. The summed E-state index contributed by atoms with van der Waals surface area (Å²) in [6.45, 7) is 2.45. The number of hydrogen-bond donors (Lipinski definition) is 1. The van der Waals surface area contributed by atoms with Crippen molar-refractivity contribution < 1.29 is 23.7 Å². The van der Waals surface area contributed by atoms with Crippen LogP contribution in [0.1, 0.15) is 18.9 Å². The second-order valence-corrected chi connectivity index (χ2v) is 5.57. The fraction of sp³-hybridized carbons (Fsp3) is 0.350. The van der Waals surface area contributed by atoms with Crippen molar-refractivity contribution in [3.8, 4) is 23.0 Å². The van der Waals surface area contributed by atoms with Gasteiger partial charge in [0.05, 0.1) is 27.9 Å². The molecule has 26 heavy (non-hydrogen) atoms. The summed E-state index contributed by atoms with van der Waals surface area (Å²) >= 11 is 0. The Kier molecular flexibility index (Phi) is 7.14. The van der Waals surface area contributed by atoms with Crippen molar-refractivity contribution >= 4 is 11.6 Å². The van der Waals surface area contributed by atoms with E-state index < -0.39 is 0 Å². The van der Waals surface area contributed by atoms with Crippen LogP contribution in [0, 0.1) is 0 Å². The number of benzene rings is 2. The molecule has 140 valence electrons. The fourth-order valence-electron chi connectivity index (χ4n) is 2.51. The molecule has 0 atom stereocenters. The van der Waals surface area contributed by atoms with Crippen LogP contribution in [0.4, 0.5) is 5.69 Å². The van der Waals surface area contributed by atoms with E-state index in [0.717, 1.165) is 5.56 Å². The molecule has 0 saturated heterocycles. The number of hydrogen-bond acceptors (Lipinski definition) is 5. The third-order valence-corrected chi connectivity index (χ3v) is 3.80. The maximum Gasteiger partial charge on any atom is 0.224 e. The highest BCUT2D eigenvalue weighted by molar-refractivity contribution is 5.91. The molecule has 0 bridgehead atoms. The van der Waals surface area contributed by atoms with Crippen LogP contribution in [0.25, 0.3) is 0 Å². The summed E-state index contributed by atoms with van der Waals surface area (Å²) in [5, 5.41) is 2.88. The lowest BCUT2D eigenvalue weighted by Crippen LogP contribution is -2.12. The number of methoxy groups -OCH3 is 3. The van der Waals surface area contributed by atoms with Crippen molar-refractivity contribution in [2.45, 2.75) is 19.8 Å². The molecule has 6 heteroatoms. The van der Waals surface area contributed by atoms with Gasteiger partial charge in [-0.1, -0.05) is 0 Å². The molecule has 0 unspecified atom stereocenters. The van der Waals surface area contributed by atoms with Gasteiger partial charge in [-0.25, -0.2) is 0 Å². The lowest BCUT2D eigenvalue weighted by atomic mass is 10.1. The molecule has 2 aromatic rings. The lowest BCUT2D eigenvalue weighted by Gasteiger charge is -2.12. The molecule has 6 nitrogen and oxygen atoms in total. The van der Waals surface area contributed by atoms with Crippen LogP contribution < -0.4 is 24.3 Å². The van der Waals surface area contributed by atoms with Crippen LogP contribution in [-0.2, 0) is 11.2 Å². The van der Waals surface area contributed by atoms with Crippen LogP contribution in [0.3, 0.4) is 0 Å². The Hall–Kier alpha value is -2.89. The van der Waals surface area contributed by atoms with E-state index in [1.807, 2.05) is 19.1 Å². The number of carbonyl (C=O) groups is 1. The Bertz CT molecular complexity index is 723. The van der Waals surface area contributed by atoms with Crippen LogP contribution in [-0.4, -0.2) is 33.8 Å². The molecule has 0 aliphatic rings. The van der Waals surface area contributed by atoms with Crippen LogP contribution in [0.5, 0.6) is 23.0 Å². The van der Waals surface area contributed by atoms with Gasteiger partial charge in [-0.2, -0.15) is 0 Å². The summed E-state index contributed by atoms with van der Waals surface area (Å²) in [6, 6.07) is 10.9. The summed E-state index contributed by atoms with van der Waals surface area (Å²) in [4.78, 5) is 12.3. The van der Waals surface area contributed by atoms with E-state index in [2.05, 4.69) is 5.32 Å². The van der Waals surface area contributed by atoms with E-state index >= 15 is 0 Å². The second-order valence-electron chi connectivity index (χ2n) is 5.57. The highest BCUT2D eigenvalue weighted by Gasteiger charge is 2.09. The zero-order chi connectivity index (χ0) is 18.9. The lowest BCUT2D eigenvalue weighted by molar-refractivity contribution is -0.116. The summed E-state index contributed by atoms with van der Waals surface area (Å²) < 4.78 is 21.3. The van der Waals surface area contributed by atoms with Crippen molar-refractivity contribution in [3.05, 3.63) is 42.0 Å². The zero-order valence-corrected chi connectivity index (χ0v) is 15.6. The summed E-state index contributed by atoms with van der Waals surface area (Å²) in [5.41, 5.74) is 1.64. The predicted octanol–water partition coefficient (Wildman–Crippen LogP) is 3.68. The average molecular weight is 359 g/mol. The van der Waals surface area contributed by atoms with Gasteiger partial charge in [0.2, 0.25) is 5.91 Å². The van der Waals surface area contributed by atoms with E-state index in [-0.39, 0.29) is 5.91 Å². The van der Waals surface area contributed by atoms with E-state index in [1.54, 1.807) is 45.6 Å². The number of aryl methyl sites for hydroxylation is 1. The highest BCUT2D eigenvalue weighted by Crippen LogP contribution is 2.30. The number of rotatable bonds is 9. The Morgan fingerprint density at radius 3 is 2.19 bits per heavy atom. The second kappa shape index (κ2) is 9.56. The quantitative estimate of drug-likeness (QED) is 0.740. The SMILES string of the molecule is CCOc1ccc(NC(=O)CCc2cc(OC)cc(OC)c2)cc1OC. The summed E-state index contributed by atoms with van der Waals surface area (Å²) in [5.74, 6) is 2.56. The molecule has 0 aliphatic heterocycles. The van der Waals surface area contributed by atoms with Crippen LogP contribution in [0.15, 0.2) is 36.4 Å². The van der Waals surface area contributed by atoms with Crippen LogP contribution in [0.2, 0.25) is 0 Å². The van der Waals surface area contributed by atoms with Crippen molar-refractivity contribution in [2.24, 2.45) is 0 Å². The van der Waals surface area contributed by atoms with E-state index in [9.17, 15) is 4.79 Å². The predicted molar refractivity (Wildman–Crippen MR) is 101 cm³/mol. The molecule has 0 radical (unpaired) electrons. The van der Waals surface area contributed by atoms with Gasteiger partial charge in [0, 0.05) is 24.2 Å². The number of anilines is 1. The Morgan fingerprint density at radius 1 is 0.923 bits per heavy atom. The number of carbonyl (C=O) groups excluding carboxylic acids is 1. The Morgan fingerprint density at radius 2 is 1.62 bits per heavy atom. The molecule has 0 aromatic heterocycles. The van der Waals surface area contributed by atoms with E-state index in [0.29, 0.717) is 48.1 Å². The van der Waals surface area contributed by atoms with Gasteiger partial charge in [0.15, 0.2) is 11.5 Å². The number of amides is 1. The van der Waals surface area contributed by atoms with E-state index in [4.69, 9.17) is 18.9 Å². The first-order chi connectivity index (χ1) is 12.6. The Labute approximate surface area is 154 Å². The number of ether oxygens (including phenoxy) is 4. The first-order valence-corrected chi connectivity index (χ1v) is 8.42. The van der Waals surface area contributed by atoms with Gasteiger partial charge in [-0.3, -0.25) is 4.79 Å². The van der Waals surface area contributed by atoms with Gasteiger partial charge in [-0.05, 0) is 43.2 Å². The van der Waals surface area contributed by atoms with Crippen molar-refractivity contribution in [2.75, 3.05) is 33.3 Å². The third-order valence-electron chi connectivity index (χ3n) is 3.80. The Balaban J connectivity index is 1.99. The fourth-order valence-corrected chi connectivity index (χ4v) is 2.51. The summed E-state index contributed by atoms with van der Waals surface area (Å²) in [7, 11) is 4.77. The molecule has 2 aromatic carbocycles. The molecule has 0 spiro atoms. The van der Waals surface area contributed by atoms with Gasteiger partial charge in [0.1, 0.15) is 11.5 Å². The minimum absolute atomic E-state index is 0.0852. The van der Waals surface area contributed by atoms with Gasteiger partial charge in [-0.15, -0.1) is 0 Å². The van der Waals surface area contributed by atoms with Gasteiger partial charge in [0.25, 0.3) is 0 Å². The van der Waals surface area contributed by atoms with Crippen molar-refractivity contribution in [3.63, 3.8) is 0 Å². The van der Waals surface area contributed by atoms with Gasteiger partial charge < -0.3 is 24.3 Å². The van der Waals surface area contributed by atoms with Crippen molar-refractivity contribution in [1.29, 1.82) is 0 Å². The molecule has 2 rings (SSSR count). The third kappa shape index (κ3) is 5.31. The topological polar surface area (TPSA) is 66.0 Å².